The molecular formula is C24H15Cl4F3N2O2. The Morgan fingerprint density at radius 1 is 0.914 bits per heavy atom. The molecule has 0 saturated heterocycles. The van der Waals surface area contributed by atoms with Crippen LogP contribution in [0, 0.1) is 30.3 Å². The van der Waals surface area contributed by atoms with Gasteiger partial charge in [0.05, 0.1) is 27.2 Å². The largest absolute Gasteiger partial charge is 0.326 e. The van der Waals surface area contributed by atoms with E-state index in [1.165, 1.54) is 24.3 Å². The Kier molecular flexibility index (Phi) is 6.99. The average Bonchev–Trinajstić information content (AvgIpc) is 3.36. The Morgan fingerprint density at radius 2 is 1.63 bits per heavy atom. The first-order valence-corrected chi connectivity index (χ1v) is 11.6. The van der Waals surface area contributed by atoms with Crippen LogP contribution >= 0.6 is 46.4 Å². The summed E-state index contributed by atoms with van der Waals surface area (Å²) in [6.45, 7) is 1.61. The lowest BCUT2D eigenvalue weighted by molar-refractivity contribution is -0.117. The van der Waals surface area contributed by atoms with E-state index in [9.17, 15) is 22.8 Å². The highest BCUT2D eigenvalue weighted by atomic mass is 35.5. The highest BCUT2D eigenvalue weighted by Crippen LogP contribution is 2.65. The predicted molar refractivity (Wildman–Crippen MR) is 131 cm³/mol. The number of carbonyl (C=O) groups excluding carboxylic acids is 2. The van der Waals surface area contributed by atoms with E-state index in [-0.39, 0.29) is 27.0 Å². The number of aryl methyl sites for hydroxylation is 1. The van der Waals surface area contributed by atoms with Crippen molar-refractivity contribution in [3.05, 3.63) is 92.7 Å². The summed E-state index contributed by atoms with van der Waals surface area (Å²) < 4.78 is 39.2. The van der Waals surface area contributed by atoms with Gasteiger partial charge in [0.1, 0.15) is 21.8 Å². The summed E-state index contributed by atoms with van der Waals surface area (Å²) in [7, 11) is 0. The topological polar surface area (TPSA) is 58.2 Å². The number of halogens is 7. The molecule has 0 radical (unpaired) electrons. The third kappa shape index (κ3) is 5.09. The Balaban J connectivity index is 1.55. The Hall–Kier alpha value is -2.45. The zero-order valence-corrected chi connectivity index (χ0v) is 20.8. The zero-order chi connectivity index (χ0) is 25.7. The van der Waals surface area contributed by atoms with Gasteiger partial charge in [-0.2, -0.15) is 0 Å². The summed E-state index contributed by atoms with van der Waals surface area (Å²) >= 11 is 24.8. The molecule has 11 heteroatoms. The number of carbonyl (C=O) groups is 2. The Bertz CT molecular complexity index is 1370. The molecule has 0 bridgehead atoms. The molecule has 0 aromatic heterocycles. The minimum atomic E-state index is -1.45. The number of benzene rings is 3. The molecule has 2 atom stereocenters. The first-order valence-electron chi connectivity index (χ1n) is 10.1. The van der Waals surface area contributed by atoms with Crippen molar-refractivity contribution in [1.82, 2.24) is 0 Å². The van der Waals surface area contributed by atoms with Gasteiger partial charge in [-0.25, -0.2) is 13.2 Å². The summed E-state index contributed by atoms with van der Waals surface area (Å²) in [5.74, 6) is -5.20. The van der Waals surface area contributed by atoms with Gasteiger partial charge in [-0.05, 0) is 54.4 Å². The number of hydrogen-bond donors (Lipinski definition) is 2. The summed E-state index contributed by atoms with van der Waals surface area (Å²) in [5, 5.41) is 4.94. The van der Waals surface area contributed by atoms with E-state index >= 15 is 0 Å². The number of nitrogens with one attached hydrogen (secondary N) is 2. The number of amides is 2. The number of alkyl halides is 2. The van der Waals surface area contributed by atoms with E-state index < -0.39 is 45.4 Å². The van der Waals surface area contributed by atoms with E-state index in [1.807, 2.05) is 0 Å². The molecule has 182 valence electrons. The first kappa shape index (κ1) is 25.6. The molecule has 2 N–H and O–H groups in total. The van der Waals surface area contributed by atoms with Gasteiger partial charge in [0, 0.05) is 17.7 Å². The van der Waals surface area contributed by atoms with Crippen molar-refractivity contribution < 1.29 is 22.8 Å². The molecule has 1 aliphatic rings. The van der Waals surface area contributed by atoms with Crippen LogP contribution in [0.25, 0.3) is 0 Å². The fourth-order valence-electron chi connectivity index (χ4n) is 3.78. The predicted octanol–water partition coefficient (Wildman–Crippen LogP) is 7.50. The van der Waals surface area contributed by atoms with Crippen LogP contribution in [0.15, 0.2) is 48.5 Å². The van der Waals surface area contributed by atoms with Crippen LogP contribution in [0.5, 0.6) is 0 Å². The number of rotatable bonds is 5. The van der Waals surface area contributed by atoms with Crippen LogP contribution in [-0.2, 0) is 4.79 Å². The molecule has 0 aliphatic heterocycles. The average molecular weight is 562 g/mol. The molecule has 4 rings (SSSR count). The van der Waals surface area contributed by atoms with Crippen LogP contribution in [0.1, 0.15) is 27.4 Å². The van der Waals surface area contributed by atoms with Crippen LogP contribution in [-0.4, -0.2) is 16.1 Å². The molecule has 4 nitrogen and oxygen atoms in total. The van der Waals surface area contributed by atoms with E-state index in [1.54, 1.807) is 6.92 Å². The first-order chi connectivity index (χ1) is 16.4. The van der Waals surface area contributed by atoms with Crippen molar-refractivity contribution in [2.45, 2.75) is 17.2 Å². The highest BCUT2D eigenvalue weighted by Gasteiger charge is 2.67. The molecule has 3 aromatic carbocycles. The number of anilines is 2. The van der Waals surface area contributed by atoms with Crippen LogP contribution in [0.2, 0.25) is 10.0 Å². The van der Waals surface area contributed by atoms with Gasteiger partial charge in [-0.15, -0.1) is 23.2 Å². The molecule has 35 heavy (non-hydrogen) atoms. The normalized spacial score (nSPS) is 18.2. The lowest BCUT2D eigenvalue weighted by atomic mass is 10.1. The van der Waals surface area contributed by atoms with Crippen LogP contribution in [0.3, 0.4) is 0 Å². The minimum Gasteiger partial charge on any atom is -0.326 e. The SMILES string of the molecule is Cc1cc(NC(=O)C2C(c3ccc(F)c(Cl)c3)C2(Cl)Cl)cc(C(=O)Nc2ccc(F)cc2F)c1Cl. The third-order valence-electron chi connectivity index (χ3n) is 5.58. The van der Waals surface area contributed by atoms with Crippen molar-refractivity contribution in [2.24, 2.45) is 5.92 Å². The van der Waals surface area contributed by atoms with Crippen LogP contribution < -0.4 is 10.6 Å². The van der Waals surface area contributed by atoms with Gasteiger partial charge in [-0.3, -0.25) is 9.59 Å². The van der Waals surface area contributed by atoms with Crippen molar-refractivity contribution >= 4 is 69.6 Å². The lowest BCUT2D eigenvalue weighted by Gasteiger charge is -2.13. The molecule has 1 fully saturated rings. The smallest absolute Gasteiger partial charge is 0.257 e. The molecule has 3 aromatic rings. The van der Waals surface area contributed by atoms with E-state index in [0.29, 0.717) is 17.2 Å². The highest BCUT2D eigenvalue weighted by molar-refractivity contribution is 6.53. The second kappa shape index (κ2) is 9.54. The maximum atomic E-state index is 14.0. The maximum Gasteiger partial charge on any atom is 0.257 e. The molecule has 0 spiro atoms. The summed E-state index contributed by atoms with van der Waals surface area (Å²) in [4.78, 5) is 25.7. The molecule has 2 amide bonds. The van der Waals surface area contributed by atoms with Gasteiger partial charge in [0.15, 0.2) is 0 Å². The summed E-state index contributed by atoms with van der Waals surface area (Å²) in [6.07, 6.45) is 0. The second-order valence-corrected chi connectivity index (χ2v) is 10.3. The molecule has 1 saturated carbocycles. The number of hydrogen-bond acceptors (Lipinski definition) is 2. The lowest BCUT2D eigenvalue weighted by Crippen LogP contribution is -2.19. The fourth-order valence-corrected chi connectivity index (χ4v) is 4.99. The second-order valence-electron chi connectivity index (χ2n) is 8.03. The van der Waals surface area contributed by atoms with Crippen molar-refractivity contribution in [3.63, 3.8) is 0 Å². The van der Waals surface area contributed by atoms with Crippen molar-refractivity contribution in [1.29, 1.82) is 0 Å². The maximum absolute atomic E-state index is 14.0. The molecule has 2 unspecified atom stereocenters. The molecule has 0 heterocycles. The zero-order valence-electron chi connectivity index (χ0n) is 17.7. The monoisotopic (exact) mass is 560 g/mol. The summed E-state index contributed by atoms with van der Waals surface area (Å²) in [5.41, 5.74) is 0.873. The fraction of sp³-hybridized carbons (Fsp3) is 0.167. The van der Waals surface area contributed by atoms with Gasteiger partial charge in [0.25, 0.3) is 5.91 Å². The quantitative estimate of drug-likeness (QED) is 0.317. The Morgan fingerprint density at radius 3 is 2.29 bits per heavy atom. The molecule has 1 aliphatic carbocycles. The Labute approximate surface area is 218 Å². The third-order valence-corrected chi connectivity index (χ3v) is 7.32. The van der Waals surface area contributed by atoms with Gasteiger partial charge < -0.3 is 10.6 Å². The minimum absolute atomic E-state index is 0.0497. The summed E-state index contributed by atoms with van der Waals surface area (Å²) in [6, 6.07) is 9.50. The van der Waals surface area contributed by atoms with Crippen molar-refractivity contribution in [3.8, 4) is 0 Å². The van der Waals surface area contributed by atoms with E-state index in [4.69, 9.17) is 46.4 Å². The van der Waals surface area contributed by atoms with E-state index in [0.717, 1.165) is 18.2 Å². The standard InChI is InChI=1S/C24H15Cl4F3N2O2/c1-10-6-13(9-14(21(10)26)22(34)33-18-5-3-12(29)8-17(18)31)32-23(35)20-19(24(20,27)28)11-2-4-16(30)15(25)7-11/h2-9,19-20H,1H3,(H,32,35)(H,33,34). The van der Waals surface area contributed by atoms with Gasteiger partial charge >= 0.3 is 0 Å². The van der Waals surface area contributed by atoms with Crippen LogP contribution in [0.4, 0.5) is 24.5 Å². The van der Waals surface area contributed by atoms with Gasteiger partial charge in [-0.1, -0.05) is 29.3 Å². The van der Waals surface area contributed by atoms with Crippen molar-refractivity contribution in [2.75, 3.05) is 10.6 Å². The molecular weight excluding hydrogens is 547 g/mol. The van der Waals surface area contributed by atoms with Gasteiger partial charge in [0.2, 0.25) is 5.91 Å². The van der Waals surface area contributed by atoms with E-state index in [2.05, 4.69) is 10.6 Å².